The Morgan fingerprint density at radius 3 is 2.39 bits per heavy atom. The number of hydrogen-bond donors (Lipinski definition) is 3. The number of nitrogens with zero attached hydrogens (tertiary/aromatic N) is 3. The maximum Gasteiger partial charge on any atom is 0.410 e. The van der Waals surface area contributed by atoms with E-state index < -0.39 is 36.0 Å². The first-order chi connectivity index (χ1) is 20.7. The lowest BCUT2D eigenvalue weighted by molar-refractivity contribution is -0.0165. The number of amides is 4. The summed E-state index contributed by atoms with van der Waals surface area (Å²) in [7, 11) is 3.11. The van der Waals surface area contributed by atoms with Gasteiger partial charge in [-0.3, -0.25) is 0 Å². The summed E-state index contributed by atoms with van der Waals surface area (Å²) in [6.45, 7) is 6.85. The lowest BCUT2D eigenvalue weighted by Crippen LogP contribution is -2.57. The normalized spacial score (nSPS) is 19.9. The Balaban J connectivity index is 1.74. The van der Waals surface area contributed by atoms with Gasteiger partial charge in [-0.05, 0) is 70.1 Å². The molecule has 11 nitrogen and oxygen atoms in total. The molecule has 1 heterocycles. The van der Waals surface area contributed by atoms with Crippen molar-refractivity contribution in [2.45, 2.75) is 89.6 Å². The Kier molecular flexibility index (Phi) is 13.4. The average molecular weight is 639 g/mol. The van der Waals surface area contributed by atoms with Crippen molar-refractivity contribution in [3.63, 3.8) is 0 Å². The number of rotatable bonds is 11. The molecule has 12 heteroatoms. The molecule has 1 aromatic carbocycles. The molecule has 4 amide bonds. The van der Waals surface area contributed by atoms with Gasteiger partial charge in [-0.15, -0.1) is 0 Å². The summed E-state index contributed by atoms with van der Waals surface area (Å²) in [5.41, 5.74) is 0.201. The van der Waals surface area contributed by atoms with Gasteiger partial charge in [0.05, 0.1) is 24.9 Å². The topological polar surface area (TPSA) is 132 Å². The third-order valence-electron chi connectivity index (χ3n) is 8.43. The Bertz CT molecular complexity index is 1090. The minimum atomic E-state index is -1.03. The molecule has 3 rings (SSSR count). The van der Waals surface area contributed by atoms with Crippen LogP contribution in [-0.2, 0) is 9.47 Å². The summed E-state index contributed by atoms with van der Waals surface area (Å²) in [6, 6.07) is 6.43. The van der Waals surface area contributed by atoms with E-state index in [1.165, 1.54) is 16.8 Å². The van der Waals surface area contributed by atoms with Crippen LogP contribution >= 0.6 is 11.6 Å². The van der Waals surface area contributed by atoms with E-state index in [-0.39, 0.29) is 37.6 Å². The number of ether oxygens (including phenoxy) is 2. The molecule has 1 saturated carbocycles. The third kappa shape index (κ3) is 11.0. The van der Waals surface area contributed by atoms with Crippen molar-refractivity contribution in [3.05, 3.63) is 34.9 Å². The summed E-state index contributed by atoms with van der Waals surface area (Å²) >= 11 is 6.31. The minimum absolute atomic E-state index is 0.0414. The molecule has 0 spiro atoms. The number of benzene rings is 1. The van der Waals surface area contributed by atoms with Crippen LogP contribution in [0.5, 0.6) is 0 Å². The zero-order valence-corrected chi connectivity index (χ0v) is 27.6. The molecular weight excluding hydrogens is 588 g/mol. The fourth-order valence-electron chi connectivity index (χ4n) is 6.04. The van der Waals surface area contributed by atoms with Crippen molar-refractivity contribution in [2.75, 3.05) is 46.9 Å². The van der Waals surface area contributed by atoms with Crippen LogP contribution in [0.2, 0.25) is 5.02 Å². The molecule has 1 unspecified atom stereocenters. The number of halogens is 1. The molecule has 44 heavy (non-hydrogen) atoms. The van der Waals surface area contributed by atoms with E-state index in [1.807, 2.05) is 18.2 Å². The molecule has 2 fully saturated rings. The van der Waals surface area contributed by atoms with Crippen LogP contribution in [0.3, 0.4) is 0 Å². The van der Waals surface area contributed by atoms with Gasteiger partial charge in [0.2, 0.25) is 0 Å². The first kappa shape index (κ1) is 35.7. The zero-order valence-electron chi connectivity index (χ0n) is 26.8. The zero-order chi connectivity index (χ0) is 32.4. The number of likely N-dealkylation sites (tertiary alicyclic amines) is 1. The second kappa shape index (κ2) is 16.5. The predicted octanol–water partition coefficient (Wildman–Crippen LogP) is 5.61. The van der Waals surface area contributed by atoms with E-state index in [4.69, 9.17) is 21.1 Å². The number of nitrogens with one attached hydrogen (secondary N) is 1. The number of carboxylic acid groups (broad SMARTS) is 1. The maximum atomic E-state index is 13.7. The van der Waals surface area contributed by atoms with Crippen LogP contribution in [0.4, 0.5) is 14.4 Å². The SMILES string of the molecule is CN(CCOC(c1cccc(Cl)c1)[C@@H]1CCCN(C(=O)N[C@H](CN(C)C(=O)OC(C)(C)C)[C@H](O)C2CCCCC2)C1)C(=O)O. The molecule has 248 valence electrons. The van der Waals surface area contributed by atoms with Gasteiger partial charge in [-0.1, -0.05) is 43.0 Å². The van der Waals surface area contributed by atoms with Gasteiger partial charge in [0, 0.05) is 51.2 Å². The van der Waals surface area contributed by atoms with Gasteiger partial charge in [-0.2, -0.15) is 0 Å². The van der Waals surface area contributed by atoms with E-state index >= 15 is 0 Å². The molecule has 1 aromatic rings. The number of carbonyl (C=O) groups is 3. The Labute approximate surface area is 266 Å². The highest BCUT2D eigenvalue weighted by molar-refractivity contribution is 6.30. The summed E-state index contributed by atoms with van der Waals surface area (Å²) in [5.74, 6) is -0.0195. The Morgan fingerprint density at radius 2 is 1.75 bits per heavy atom. The van der Waals surface area contributed by atoms with E-state index in [2.05, 4.69) is 5.32 Å². The quantitative estimate of drug-likeness (QED) is 0.287. The average Bonchev–Trinajstić information content (AvgIpc) is 2.98. The number of hydrogen-bond acceptors (Lipinski definition) is 6. The minimum Gasteiger partial charge on any atom is -0.465 e. The smallest absolute Gasteiger partial charge is 0.410 e. The molecular formula is C32H51ClN4O7. The van der Waals surface area contributed by atoms with Crippen LogP contribution in [0.25, 0.3) is 0 Å². The second-order valence-corrected chi connectivity index (χ2v) is 13.6. The molecule has 0 radical (unpaired) electrons. The fraction of sp³-hybridized carbons (Fsp3) is 0.719. The van der Waals surface area contributed by atoms with Crippen molar-refractivity contribution >= 4 is 29.8 Å². The van der Waals surface area contributed by atoms with E-state index in [0.717, 1.165) is 50.5 Å². The lowest BCUT2D eigenvalue weighted by Gasteiger charge is -2.39. The largest absolute Gasteiger partial charge is 0.465 e. The summed E-state index contributed by atoms with van der Waals surface area (Å²) in [4.78, 5) is 42.1. The van der Waals surface area contributed by atoms with Crippen LogP contribution in [0.15, 0.2) is 24.3 Å². The highest BCUT2D eigenvalue weighted by atomic mass is 35.5. The van der Waals surface area contributed by atoms with Gasteiger partial charge in [0.25, 0.3) is 0 Å². The summed E-state index contributed by atoms with van der Waals surface area (Å²) in [6.07, 6.45) is 3.78. The van der Waals surface area contributed by atoms with E-state index in [9.17, 15) is 24.6 Å². The van der Waals surface area contributed by atoms with E-state index in [0.29, 0.717) is 18.1 Å². The molecule has 1 saturated heterocycles. The van der Waals surface area contributed by atoms with Crippen LogP contribution in [0, 0.1) is 11.8 Å². The highest BCUT2D eigenvalue weighted by Crippen LogP contribution is 2.34. The molecule has 1 aliphatic heterocycles. The Hall–Kier alpha value is -2.76. The summed E-state index contributed by atoms with van der Waals surface area (Å²) in [5, 5.41) is 24.3. The lowest BCUT2D eigenvalue weighted by atomic mass is 9.82. The number of aliphatic hydroxyl groups excluding tert-OH is 1. The molecule has 2 aliphatic rings. The standard InChI is InChI=1S/C32H51ClN4O7/c1-32(2,3)44-31(42)36(5)21-26(27(38)22-11-7-6-8-12-22)34-29(39)37-16-10-14-24(20-37)28(23-13-9-15-25(33)19-23)43-18-17-35(4)30(40)41/h9,13,15,19,22,24,26-28,38H,6-8,10-12,14,16-18,20-21H2,1-5H3,(H,34,39)(H,40,41)/t24-,26-,27-,28?/m1/s1. The van der Waals surface area contributed by atoms with Crippen molar-refractivity contribution < 1.29 is 34.1 Å². The van der Waals surface area contributed by atoms with Crippen LogP contribution in [-0.4, -0.2) is 108 Å². The predicted molar refractivity (Wildman–Crippen MR) is 169 cm³/mol. The fourth-order valence-corrected chi connectivity index (χ4v) is 6.24. The number of aliphatic hydroxyl groups is 1. The van der Waals surface area contributed by atoms with Crippen molar-refractivity contribution in [1.82, 2.24) is 20.0 Å². The van der Waals surface area contributed by atoms with Gasteiger partial charge in [-0.25, -0.2) is 14.4 Å². The molecule has 4 atom stereocenters. The maximum absolute atomic E-state index is 13.7. The molecule has 0 aromatic heterocycles. The second-order valence-electron chi connectivity index (χ2n) is 13.2. The van der Waals surface area contributed by atoms with Crippen molar-refractivity contribution in [1.29, 1.82) is 0 Å². The molecule has 3 N–H and O–H groups in total. The van der Waals surface area contributed by atoms with Gasteiger partial charge < -0.3 is 39.7 Å². The number of urea groups is 1. The Morgan fingerprint density at radius 1 is 1.07 bits per heavy atom. The monoisotopic (exact) mass is 638 g/mol. The van der Waals surface area contributed by atoms with Crippen LogP contribution in [0.1, 0.15) is 77.4 Å². The van der Waals surface area contributed by atoms with E-state index in [1.54, 1.807) is 38.8 Å². The highest BCUT2D eigenvalue weighted by Gasteiger charge is 2.36. The first-order valence-electron chi connectivity index (χ1n) is 15.7. The van der Waals surface area contributed by atoms with Crippen molar-refractivity contribution in [3.8, 4) is 0 Å². The van der Waals surface area contributed by atoms with Gasteiger partial charge in [0.1, 0.15) is 5.60 Å². The van der Waals surface area contributed by atoms with Gasteiger partial charge >= 0.3 is 18.2 Å². The molecule has 1 aliphatic carbocycles. The molecule has 0 bridgehead atoms. The number of likely N-dealkylation sites (N-methyl/N-ethyl adjacent to an activating group) is 2. The number of piperidine rings is 1. The summed E-state index contributed by atoms with van der Waals surface area (Å²) < 4.78 is 11.8. The third-order valence-corrected chi connectivity index (χ3v) is 8.67. The number of carbonyl (C=O) groups excluding carboxylic acids is 2. The van der Waals surface area contributed by atoms with Crippen LogP contribution < -0.4 is 5.32 Å². The van der Waals surface area contributed by atoms with Gasteiger partial charge in [0.15, 0.2) is 0 Å². The first-order valence-corrected chi connectivity index (χ1v) is 16.1. The van der Waals surface area contributed by atoms with Crippen molar-refractivity contribution in [2.24, 2.45) is 11.8 Å².